The van der Waals surface area contributed by atoms with Crippen LogP contribution in [0.3, 0.4) is 0 Å². The van der Waals surface area contributed by atoms with Gasteiger partial charge in [-0.3, -0.25) is 0 Å². The van der Waals surface area contributed by atoms with Gasteiger partial charge in [-0.15, -0.1) is 0 Å². The zero-order valence-electron chi connectivity index (χ0n) is 5.09. The maximum absolute atomic E-state index is 4.67. The van der Waals surface area contributed by atoms with E-state index in [2.05, 4.69) is 21.1 Å². The molecule has 0 saturated heterocycles. The summed E-state index contributed by atoms with van der Waals surface area (Å²) < 4.78 is 4.67. The topological polar surface area (TPSA) is 27.7 Å². The van der Waals surface area contributed by atoms with E-state index in [0.717, 1.165) is 0 Å². The van der Waals surface area contributed by atoms with Crippen LogP contribution in [0.25, 0.3) is 0 Å². The monoisotopic (exact) mass is 118 g/mol. The zero-order chi connectivity index (χ0) is 6.41. The largest absolute Gasteiger partial charge is 0.350 e. The average Bonchev–Trinajstić information content (AvgIpc) is 1.83. The molecule has 0 N–H and O–H groups in total. The van der Waals surface area contributed by atoms with E-state index in [1.807, 2.05) is 0 Å². The minimum atomic E-state index is -0.458. The van der Waals surface area contributed by atoms with Gasteiger partial charge in [0.1, 0.15) is 0 Å². The van der Waals surface area contributed by atoms with Crippen LogP contribution in [0.1, 0.15) is 0 Å². The molecule has 0 aliphatic rings. The Morgan fingerprint density at radius 2 is 2.12 bits per heavy atom. The fraction of sp³-hybridized carbons (Fsp3) is 0.600. The first-order chi connectivity index (χ1) is 3.85. The molecule has 3 nitrogen and oxygen atoms in total. The van der Waals surface area contributed by atoms with Crippen LogP contribution in [-0.4, -0.2) is 20.5 Å². The maximum Gasteiger partial charge on any atom is 0.209 e. The molecule has 0 saturated carbocycles. The predicted molar refractivity (Wildman–Crippen MR) is 29.1 cm³/mol. The Kier molecular flexibility index (Phi) is 4.54. The van der Waals surface area contributed by atoms with Crippen LogP contribution in [0, 0.1) is 0 Å². The lowest BCUT2D eigenvalue weighted by Crippen LogP contribution is -2.10. The second-order valence-corrected chi connectivity index (χ2v) is 1.10. The summed E-state index contributed by atoms with van der Waals surface area (Å²) in [6, 6.07) is 0. The second-order valence-electron chi connectivity index (χ2n) is 1.10. The summed E-state index contributed by atoms with van der Waals surface area (Å²) in [6.07, 6.45) is 1.03. The van der Waals surface area contributed by atoms with E-state index in [4.69, 9.17) is 0 Å². The third kappa shape index (κ3) is 2.74. The van der Waals surface area contributed by atoms with Gasteiger partial charge in [0.15, 0.2) is 0 Å². The molecule has 3 heteroatoms. The van der Waals surface area contributed by atoms with Crippen LogP contribution < -0.4 is 0 Å². The Bertz CT molecular complexity index is 62.7. The first-order valence-electron chi connectivity index (χ1n) is 2.20. The lowest BCUT2D eigenvalue weighted by molar-refractivity contribution is -0.344. The molecule has 0 aromatic carbocycles. The van der Waals surface area contributed by atoms with Crippen LogP contribution in [0.5, 0.6) is 0 Å². The van der Waals surface area contributed by atoms with E-state index in [-0.39, 0.29) is 0 Å². The van der Waals surface area contributed by atoms with Crippen LogP contribution in [0.2, 0.25) is 0 Å². The number of rotatable bonds is 4. The van der Waals surface area contributed by atoms with Crippen LogP contribution in [0.4, 0.5) is 0 Å². The van der Waals surface area contributed by atoms with Gasteiger partial charge in [-0.1, -0.05) is 6.58 Å². The molecule has 0 rings (SSSR count). The molecule has 48 valence electrons. The lowest BCUT2D eigenvalue weighted by Gasteiger charge is -2.06. The summed E-state index contributed by atoms with van der Waals surface area (Å²) in [4.78, 5) is 8.79. The quantitative estimate of drug-likeness (QED) is 0.235. The SMILES string of the molecule is C=CC(OC)OOC. The molecule has 0 aromatic heterocycles. The standard InChI is InChI=1S/C5H10O3/c1-4-5(6-2)8-7-3/h4-5H,1H2,2-3H3. The van der Waals surface area contributed by atoms with Crippen molar-refractivity contribution in [2.45, 2.75) is 6.29 Å². The normalized spacial score (nSPS) is 13.2. The molecular formula is C5H10O3. The van der Waals surface area contributed by atoms with Gasteiger partial charge < -0.3 is 4.74 Å². The molecule has 0 aliphatic carbocycles. The summed E-state index contributed by atoms with van der Waals surface area (Å²) >= 11 is 0. The molecule has 0 heterocycles. The summed E-state index contributed by atoms with van der Waals surface area (Å²) in [5, 5.41) is 0. The van der Waals surface area contributed by atoms with Gasteiger partial charge in [-0.25, -0.2) is 9.78 Å². The van der Waals surface area contributed by atoms with Gasteiger partial charge in [-0.05, 0) is 6.08 Å². The first-order valence-corrected chi connectivity index (χ1v) is 2.20. The third-order valence-electron chi connectivity index (χ3n) is 0.616. The van der Waals surface area contributed by atoms with Crippen molar-refractivity contribution in [3.05, 3.63) is 12.7 Å². The minimum absolute atomic E-state index is 0.458. The van der Waals surface area contributed by atoms with Crippen molar-refractivity contribution >= 4 is 0 Å². The van der Waals surface area contributed by atoms with E-state index in [1.54, 1.807) is 0 Å². The summed E-state index contributed by atoms with van der Waals surface area (Å²) in [7, 11) is 2.92. The van der Waals surface area contributed by atoms with E-state index < -0.39 is 6.29 Å². The lowest BCUT2D eigenvalue weighted by atomic mass is 10.6. The van der Waals surface area contributed by atoms with Gasteiger partial charge in [-0.2, -0.15) is 0 Å². The summed E-state index contributed by atoms with van der Waals surface area (Å²) in [5.74, 6) is 0. The first kappa shape index (κ1) is 7.62. The van der Waals surface area contributed by atoms with Crippen molar-refractivity contribution in [3.63, 3.8) is 0 Å². The summed E-state index contributed by atoms with van der Waals surface area (Å²) in [5.41, 5.74) is 0. The second kappa shape index (κ2) is 4.77. The molecule has 0 bridgehead atoms. The minimum Gasteiger partial charge on any atom is -0.350 e. The van der Waals surface area contributed by atoms with Crippen molar-refractivity contribution in [2.24, 2.45) is 0 Å². The van der Waals surface area contributed by atoms with Crippen molar-refractivity contribution in [1.82, 2.24) is 0 Å². The highest BCUT2D eigenvalue weighted by molar-refractivity contribution is 4.69. The average molecular weight is 118 g/mol. The molecule has 1 unspecified atom stereocenters. The highest BCUT2D eigenvalue weighted by Gasteiger charge is 1.97. The highest BCUT2D eigenvalue weighted by Crippen LogP contribution is 1.91. The van der Waals surface area contributed by atoms with Gasteiger partial charge >= 0.3 is 0 Å². The molecule has 0 radical (unpaired) electrons. The number of hydrogen-bond acceptors (Lipinski definition) is 3. The Hall–Kier alpha value is -0.380. The van der Waals surface area contributed by atoms with E-state index in [1.165, 1.54) is 20.3 Å². The van der Waals surface area contributed by atoms with E-state index in [0.29, 0.717) is 0 Å². The molecule has 0 aliphatic heterocycles. The smallest absolute Gasteiger partial charge is 0.209 e. The van der Waals surface area contributed by atoms with E-state index >= 15 is 0 Å². The molecule has 0 amide bonds. The molecule has 0 aromatic rings. The molecule has 1 atom stereocenters. The Labute approximate surface area is 48.8 Å². The summed E-state index contributed by atoms with van der Waals surface area (Å²) in [6.45, 7) is 3.42. The Morgan fingerprint density at radius 1 is 1.50 bits per heavy atom. The van der Waals surface area contributed by atoms with Crippen LogP contribution in [0.15, 0.2) is 12.7 Å². The van der Waals surface area contributed by atoms with Crippen molar-refractivity contribution in [1.29, 1.82) is 0 Å². The van der Waals surface area contributed by atoms with Gasteiger partial charge in [0, 0.05) is 7.11 Å². The molecule has 0 fully saturated rings. The van der Waals surface area contributed by atoms with Crippen LogP contribution >= 0.6 is 0 Å². The molecule has 8 heavy (non-hydrogen) atoms. The molecular weight excluding hydrogens is 108 g/mol. The van der Waals surface area contributed by atoms with Crippen molar-refractivity contribution in [3.8, 4) is 0 Å². The highest BCUT2D eigenvalue weighted by atomic mass is 17.2. The Balaban J connectivity index is 3.21. The Morgan fingerprint density at radius 3 is 2.25 bits per heavy atom. The fourth-order valence-corrected chi connectivity index (χ4v) is 0.270. The van der Waals surface area contributed by atoms with Crippen molar-refractivity contribution in [2.75, 3.05) is 14.2 Å². The maximum atomic E-state index is 4.67. The van der Waals surface area contributed by atoms with Gasteiger partial charge in [0.25, 0.3) is 0 Å². The fourth-order valence-electron chi connectivity index (χ4n) is 0.270. The van der Waals surface area contributed by atoms with Crippen molar-refractivity contribution < 1.29 is 14.5 Å². The van der Waals surface area contributed by atoms with E-state index in [9.17, 15) is 0 Å². The number of hydrogen-bond donors (Lipinski definition) is 0. The molecule has 0 spiro atoms. The van der Waals surface area contributed by atoms with Gasteiger partial charge in [0.2, 0.25) is 6.29 Å². The van der Waals surface area contributed by atoms with Gasteiger partial charge in [0.05, 0.1) is 7.11 Å². The predicted octanol–water partition coefficient (Wildman–Crippen LogP) is 0.723. The third-order valence-corrected chi connectivity index (χ3v) is 0.616. The van der Waals surface area contributed by atoms with Crippen LogP contribution in [-0.2, 0) is 14.5 Å². The number of methoxy groups -OCH3 is 1. The number of ether oxygens (including phenoxy) is 1. The zero-order valence-corrected chi connectivity index (χ0v) is 5.09.